The molecule has 2 fully saturated rings. The highest BCUT2D eigenvalue weighted by Crippen LogP contribution is 2.46. The molecule has 4 heteroatoms. The topological polar surface area (TPSA) is 21.3 Å². The monoisotopic (exact) mass is 301 g/mol. The zero-order valence-electron chi connectivity index (χ0n) is 9.17. The van der Waals surface area contributed by atoms with Gasteiger partial charge in [-0.25, -0.2) is 0 Å². The van der Waals surface area contributed by atoms with Crippen LogP contribution in [0.4, 0.5) is 0 Å². The quantitative estimate of drug-likeness (QED) is 0.907. The molecule has 0 aromatic carbocycles. The molecular weight excluding hydrogens is 286 g/mol. The summed E-state index contributed by atoms with van der Waals surface area (Å²) in [6.07, 6.45) is 2.58. The third-order valence-corrected chi connectivity index (χ3v) is 5.75. The summed E-state index contributed by atoms with van der Waals surface area (Å²) in [7, 11) is 0. The highest BCUT2D eigenvalue weighted by Gasteiger charge is 2.47. The van der Waals surface area contributed by atoms with Crippen molar-refractivity contribution < 1.29 is 4.74 Å². The summed E-state index contributed by atoms with van der Waals surface area (Å²) >= 11 is 5.45. The molecule has 0 bridgehead atoms. The molecule has 2 saturated heterocycles. The Hall–Kier alpha value is 0.1000. The number of thiophene rings is 1. The number of ether oxygens (including phenoxy) is 1. The van der Waals surface area contributed by atoms with Crippen molar-refractivity contribution in [1.29, 1.82) is 0 Å². The fraction of sp³-hybridized carbons (Fsp3) is 0.667. The molecule has 88 valence electrons. The Balaban J connectivity index is 1.87. The van der Waals surface area contributed by atoms with Crippen LogP contribution in [-0.4, -0.2) is 26.3 Å². The van der Waals surface area contributed by atoms with Gasteiger partial charge in [0.05, 0.1) is 22.4 Å². The van der Waals surface area contributed by atoms with Crippen molar-refractivity contribution in [3.63, 3.8) is 0 Å². The maximum absolute atomic E-state index is 5.53. The van der Waals surface area contributed by atoms with Crippen molar-refractivity contribution >= 4 is 27.3 Å². The van der Waals surface area contributed by atoms with Gasteiger partial charge in [0, 0.05) is 4.88 Å². The van der Waals surface area contributed by atoms with E-state index in [1.807, 2.05) is 11.3 Å². The molecule has 2 aliphatic heterocycles. The van der Waals surface area contributed by atoms with Crippen molar-refractivity contribution in [1.82, 2.24) is 5.32 Å². The maximum atomic E-state index is 5.53. The highest BCUT2D eigenvalue weighted by atomic mass is 79.9. The second-order valence-electron chi connectivity index (χ2n) is 4.78. The van der Waals surface area contributed by atoms with E-state index in [2.05, 4.69) is 33.4 Å². The molecule has 0 spiro atoms. The SMILES string of the molecule is Brc1ccc(C2(C3CCNCC3)COC2)s1. The maximum Gasteiger partial charge on any atom is 0.0701 e. The summed E-state index contributed by atoms with van der Waals surface area (Å²) in [5.41, 5.74) is 0.332. The molecule has 0 amide bonds. The van der Waals surface area contributed by atoms with Crippen molar-refractivity contribution in [2.45, 2.75) is 18.3 Å². The predicted octanol–water partition coefficient (Wildman–Crippen LogP) is 2.78. The van der Waals surface area contributed by atoms with E-state index in [-0.39, 0.29) is 0 Å². The second-order valence-corrected chi connectivity index (χ2v) is 7.24. The zero-order valence-corrected chi connectivity index (χ0v) is 11.6. The van der Waals surface area contributed by atoms with Crippen LogP contribution in [-0.2, 0) is 10.2 Å². The fourth-order valence-corrected chi connectivity index (χ4v) is 4.48. The summed E-state index contributed by atoms with van der Waals surface area (Å²) in [5.74, 6) is 0.799. The normalized spacial score (nSPS) is 25.3. The van der Waals surface area contributed by atoms with Crippen LogP contribution >= 0.6 is 27.3 Å². The second kappa shape index (κ2) is 4.41. The molecule has 1 aromatic heterocycles. The Bertz CT molecular complexity index is 369. The number of halogens is 1. The summed E-state index contributed by atoms with van der Waals surface area (Å²) in [6.45, 7) is 4.17. The van der Waals surface area contributed by atoms with E-state index >= 15 is 0 Å². The van der Waals surface area contributed by atoms with Crippen LogP contribution < -0.4 is 5.32 Å². The van der Waals surface area contributed by atoms with Crippen LogP contribution in [0.5, 0.6) is 0 Å². The summed E-state index contributed by atoms with van der Waals surface area (Å²) in [4.78, 5) is 1.51. The van der Waals surface area contributed by atoms with E-state index in [0.29, 0.717) is 5.41 Å². The fourth-order valence-electron chi connectivity index (χ4n) is 2.86. The molecule has 2 aliphatic rings. The first-order valence-electron chi connectivity index (χ1n) is 5.85. The Morgan fingerprint density at radius 2 is 2.06 bits per heavy atom. The molecule has 16 heavy (non-hydrogen) atoms. The lowest BCUT2D eigenvalue weighted by atomic mass is 9.68. The van der Waals surface area contributed by atoms with E-state index in [0.717, 1.165) is 19.1 Å². The van der Waals surface area contributed by atoms with Gasteiger partial charge in [0.1, 0.15) is 0 Å². The first kappa shape index (κ1) is 11.2. The Kier molecular flexibility index (Phi) is 3.09. The predicted molar refractivity (Wildman–Crippen MR) is 70.1 cm³/mol. The van der Waals surface area contributed by atoms with E-state index < -0.39 is 0 Å². The van der Waals surface area contributed by atoms with Gasteiger partial charge in [0.2, 0.25) is 0 Å². The first-order chi connectivity index (χ1) is 7.81. The Morgan fingerprint density at radius 1 is 1.31 bits per heavy atom. The lowest BCUT2D eigenvalue weighted by Crippen LogP contribution is -2.54. The van der Waals surface area contributed by atoms with Gasteiger partial charge >= 0.3 is 0 Å². The summed E-state index contributed by atoms with van der Waals surface area (Å²) in [5, 5.41) is 3.44. The molecule has 1 aromatic rings. The minimum absolute atomic E-state index is 0.332. The first-order valence-corrected chi connectivity index (χ1v) is 7.46. The van der Waals surface area contributed by atoms with Gasteiger partial charge in [-0.05, 0) is 59.9 Å². The number of hydrogen-bond donors (Lipinski definition) is 1. The average molecular weight is 302 g/mol. The number of hydrogen-bond acceptors (Lipinski definition) is 3. The molecule has 0 radical (unpaired) electrons. The number of nitrogens with one attached hydrogen (secondary N) is 1. The van der Waals surface area contributed by atoms with Crippen molar-refractivity contribution in [2.75, 3.05) is 26.3 Å². The largest absolute Gasteiger partial charge is 0.379 e. The van der Waals surface area contributed by atoms with E-state index in [9.17, 15) is 0 Å². The highest BCUT2D eigenvalue weighted by molar-refractivity contribution is 9.11. The van der Waals surface area contributed by atoms with Crippen LogP contribution in [0.1, 0.15) is 17.7 Å². The summed E-state index contributed by atoms with van der Waals surface area (Å²) < 4.78 is 6.76. The van der Waals surface area contributed by atoms with Crippen LogP contribution in [0.25, 0.3) is 0 Å². The zero-order chi connectivity index (χ0) is 11.0. The Labute approximate surface area is 109 Å². The molecule has 1 N–H and O–H groups in total. The average Bonchev–Trinajstić information content (AvgIpc) is 2.65. The third-order valence-electron chi connectivity index (χ3n) is 3.90. The van der Waals surface area contributed by atoms with Gasteiger partial charge in [-0.2, -0.15) is 0 Å². The molecule has 0 atom stereocenters. The molecule has 0 aliphatic carbocycles. The lowest BCUT2D eigenvalue weighted by molar-refractivity contribution is -0.0944. The Morgan fingerprint density at radius 3 is 2.56 bits per heavy atom. The van der Waals surface area contributed by atoms with Crippen molar-refractivity contribution in [3.8, 4) is 0 Å². The van der Waals surface area contributed by atoms with Crippen LogP contribution in [0.3, 0.4) is 0 Å². The van der Waals surface area contributed by atoms with Gasteiger partial charge in [0.25, 0.3) is 0 Å². The van der Waals surface area contributed by atoms with Crippen LogP contribution in [0, 0.1) is 5.92 Å². The molecule has 2 nitrogen and oxygen atoms in total. The summed E-state index contributed by atoms with van der Waals surface area (Å²) in [6, 6.07) is 4.44. The van der Waals surface area contributed by atoms with Crippen molar-refractivity contribution in [2.24, 2.45) is 5.92 Å². The van der Waals surface area contributed by atoms with Crippen LogP contribution in [0.2, 0.25) is 0 Å². The molecule has 3 rings (SSSR count). The van der Waals surface area contributed by atoms with E-state index in [4.69, 9.17) is 4.74 Å². The molecule has 3 heterocycles. The van der Waals surface area contributed by atoms with Crippen molar-refractivity contribution in [3.05, 3.63) is 20.8 Å². The standard InChI is InChI=1S/C12H16BrNOS/c13-11-2-1-10(16-11)12(7-15-8-12)9-3-5-14-6-4-9/h1-2,9,14H,3-8H2. The van der Waals surface area contributed by atoms with E-state index in [1.165, 1.54) is 34.6 Å². The minimum Gasteiger partial charge on any atom is -0.379 e. The van der Waals surface area contributed by atoms with Gasteiger partial charge < -0.3 is 10.1 Å². The third kappa shape index (κ3) is 1.76. The molecular formula is C12H16BrNOS. The van der Waals surface area contributed by atoms with Crippen LogP contribution in [0.15, 0.2) is 15.9 Å². The molecule has 0 unspecified atom stereocenters. The van der Waals surface area contributed by atoms with Gasteiger partial charge in [-0.15, -0.1) is 11.3 Å². The molecule has 0 saturated carbocycles. The van der Waals surface area contributed by atoms with Gasteiger partial charge in [-0.1, -0.05) is 0 Å². The van der Waals surface area contributed by atoms with Gasteiger partial charge in [0.15, 0.2) is 0 Å². The lowest BCUT2D eigenvalue weighted by Gasteiger charge is -2.48. The number of piperidine rings is 1. The van der Waals surface area contributed by atoms with Gasteiger partial charge in [-0.3, -0.25) is 0 Å². The number of rotatable bonds is 2. The smallest absolute Gasteiger partial charge is 0.0701 e. The minimum atomic E-state index is 0.332. The van der Waals surface area contributed by atoms with E-state index in [1.54, 1.807) is 0 Å².